The van der Waals surface area contributed by atoms with Gasteiger partial charge in [0, 0.05) is 13.0 Å². The van der Waals surface area contributed by atoms with Gasteiger partial charge in [0.1, 0.15) is 5.75 Å². The van der Waals surface area contributed by atoms with Gasteiger partial charge in [0.15, 0.2) is 0 Å². The van der Waals surface area contributed by atoms with Crippen LogP contribution in [0.4, 0.5) is 4.79 Å². The predicted octanol–water partition coefficient (Wildman–Crippen LogP) is 4.84. The Morgan fingerprint density at radius 2 is 1.78 bits per heavy atom. The quantitative estimate of drug-likeness (QED) is 0.430. The molecular weight excluding hydrogens is 292 g/mol. The molecule has 0 aromatic heterocycles. The zero-order valence-electron chi connectivity index (χ0n) is 13.3. The molecule has 0 saturated carbocycles. The fourth-order valence-electron chi connectivity index (χ4n) is 2.38. The summed E-state index contributed by atoms with van der Waals surface area (Å²) in [4.78, 5) is 10.8. The van der Waals surface area contributed by atoms with E-state index in [1.807, 2.05) is 42.5 Å². The molecular formula is C19H22O4. The summed E-state index contributed by atoms with van der Waals surface area (Å²) < 4.78 is 10.9. The summed E-state index contributed by atoms with van der Waals surface area (Å²) in [7, 11) is 0. The maximum Gasteiger partial charge on any atom is 0.511 e. The van der Waals surface area contributed by atoms with Crippen LogP contribution in [0.5, 0.6) is 5.75 Å². The molecule has 0 aliphatic carbocycles. The van der Waals surface area contributed by atoms with E-state index >= 15 is 0 Å². The minimum Gasteiger partial charge on any atom is -0.449 e. The molecule has 0 heterocycles. The van der Waals surface area contributed by atoms with Crippen molar-refractivity contribution >= 4 is 6.16 Å². The molecule has 4 nitrogen and oxygen atoms in total. The van der Waals surface area contributed by atoms with Crippen molar-refractivity contribution < 1.29 is 19.4 Å². The van der Waals surface area contributed by atoms with E-state index in [1.165, 1.54) is 0 Å². The van der Waals surface area contributed by atoms with Gasteiger partial charge in [-0.15, -0.1) is 0 Å². The van der Waals surface area contributed by atoms with Crippen LogP contribution in [0.2, 0.25) is 0 Å². The summed E-state index contributed by atoms with van der Waals surface area (Å²) in [6.07, 6.45) is 1.20. The van der Waals surface area contributed by atoms with Crippen LogP contribution in [0.1, 0.15) is 37.0 Å². The Kier molecular flexibility index (Phi) is 6.63. The highest BCUT2D eigenvalue weighted by atomic mass is 16.7. The lowest BCUT2D eigenvalue weighted by Gasteiger charge is -2.19. The zero-order chi connectivity index (χ0) is 16.5. The number of para-hydroxylation sites is 1. The maximum absolute atomic E-state index is 10.8. The number of rotatable bonds is 8. The zero-order valence-corrected chi connectivity index (χ0v) is 13.3. The van der Waals surface area contributed by atoms with E-state index in [-0.39, 0.29) is 6.10 Å². The lowest BCUT2D eigenvalue weighted by Crippen LogP contribution is -2.11. The Bertz CT molecular complexity index is 610. The Hall–Kier alpha value is -2.33. The minimum atomic E-state index is -1.30. The molecule has 23 heavy (non-hydrogen) atoms. The topological polar surface area (TPSA) is 55.8 Å². The van der Waals surface area contributed by atoms with Crippen molar-refractivity contribution in [3.63, 3.8) is 0 Å². The standard InChI is InChI=1S/C19H22O4/c1-2-3-13-22-18(15-9-5-4-6-10-15)14-16-11-7-8-12-17(16)23-19(20)21/h4-12,18H,2-3,13-14H2,1H3,(H,20,21). The third-order valence-electron chi connectivity index (χ3n) is 3.56. The lowest BCUT2D eigenvalue weighted by atomic mass is 10.0. The molecule has 0 saturated heterocycles. The summed E-state index contributed by atoms with van der Waals surface area (Å²) >= 11 is 0. The molecule has 0 aliphatic heterocycles. The van der Waals surface area contributed by atoms with Crippen molar-refractivity contribution in [2.75, 3.05) is 6.61 Å². The molecule has 1 atom stereocenters. The highest BCUT2D eigenvalue weighted by Crippen LogP contribution is 2.28. The van der Waals surface area contributed by atoms with Crippen molar-refractivity contribution in [3.05, 3.63) is 65.7 Å². The first-order valence-electron chi connectivity index (χ1n) is 7.86. The maximum atomic E-state index is 10.8. The second-order valence-corrected chi connectivity index (χ2v) is 5.30. The SMILES string of the molecule is CCCCOC(Cc1ccccc1OC(=O)O)c1ccccc1. The second kappa shape index (κ2) is 8.96. The fraction of sp³-hybridized carbons (Fsp3) is 0.316. The molecule has 0 radical (unpaired) electrons. The summed E-state index contributed by atoms with van der Waals surface area (Å²) in [5, 5.41) is 8.86. The van der Waals surface area contributed by atoms with E-state index < -0.39 is 6.16 Å². The summed E-state index contributed by atoms with van der Waals surface area (Å²) in [5.74, 6) is 0.361. The number of carbonyl (C=O) groups is 1. The van der Waals surface area contributed by atoms with Crippen LogP contribution < -0.4 is 4.74 Å². The molecule has 0 amide bonds. The molecule has 0 spiro atoms. The molecule has 2 aromatic rings. The van der Waals surface area contributed by atoms with E-state index in [9.17, 15) is 4.79 Å². The molecule has 0 bridgehead atoms. The highest BCUT2D eigenvalue weighted by molar-refractivity contribution is 5.62. The first-order chi connectivity index (χ1) is 11.2. The summed E-state index contributed by atoms with van der Waals surface area (Å²) in [5.41, 5.74) is 1.90. The number of hydrogen-bond donors (Lipinski definition) is 1. The van der Waals surface area contributed by atoms with Gasteiger partial charge in [-0.1, -0.05) is 61.9 Å². The van der Waals surface area contributed by atoms with Gasteiger partial charge < -0.3 is 14.6 Å². The first kappa shape index (κ1) is 17.0. The van der Waals surface area contributed by atoms with Crippen LogP contribution in [-0.2, 0) is 11.2 Å². The van der Waals surface area contributed by atoms with E-state index in [2.05, 4.69) is 6.92 Å². The third kappa shape index (κ3) is 5.42. The van der Waals surface area contributed by atoms with Crippen LogP contribution in [-0.4, -0.2) is 17.9 Å². The van der Waals surface area contributed by atoms with Gasteiger partial charge in [0.25, 0.3) is 0 Å². The molecule has 1 unspecified atom stereocenters. The molecule has 0 aliphatic rings. The average Bonchev–Trinajstić information content (AvgIpc) is 2.56. The first-order valence-corrected chi connectivity index (χ1v) is 7.86. The molecule has 1 N–H and O–H groups in total. The Labute approximate surface area is 136 Å². The Morgan fingerprint density at radius 3 is 2.48 bits per heavy atom. The smallest absolute Gasteiger partial charge is 0.449 e. The summed E-state index contributed by atoms with van der Waals surface area (Å²) in [6, 6.07) is 17.1. The number of carboxylic acid groups (broad SMARTS) is 1. The van der Waals surface area contributed by atoms with Gasteiger partial charge in [-0.05, 0) is 23.6 Å². The van der Waals surface area contributed by atoms with Crippen LogP contribution in [0.25, 0.3) is 0 Å². The predicted molar refractivity (Wildman–Crippen MR) is 88.8 cm³/mol. The van der Waals surface area contributed by atoms with E-state index in [0.717, 1.165) is 24.0 Å². The van der Waals surface area contributed by atoms with Gasteiger partial charge in [0.2, 0.25) is 0 Å². The van der Waals surface area contributed by atoms with Crippen LogP contribution in [0, 0.1) is 0 Å². The molecule has 4 heteroatoms. The van der Waals surface area contributed by atoms with Gasteiger partial charge in [-0.3, -0.25) is 0 Å². The van der Waals surface area contributed by atoms with Crippen LogP contribution >= 0.6 is 0 Å². The van der Waals surface area contributed by atoms with Crippen molar-refractivity contribution in [3.8, 4) is 5.75 Å². The van der Waals surface area contributed by atoms with Crippen molar-refractivity contribution in [1.82, 2.24) is 0 Å². The molecule has 0 fully saturated rings. The Morgan fingerprint density at radius 1 is 1.09 bits per heavy atom. The van der Waals surface area contributed by atoms with Gasteiger partial charge in [-0.25, -0.2) is 4.79 Å². The molecule has 2 aromatic carbocycles. The van der Waals surface area contributed by atoms with E-state index in [0.29, 0.717) is 18.8 Å². The van der Waals surface area contributed by atoms with E-state index in [1.54, 1.807) is 12.1 Å². The van der Waals surface area contributed by atoms with Gasteiger partial charge in [-0.2, -0.15) is 0 Å². The largest absolute Gasteiger partial charge is 0.511 e. The average molecular weight is 314 g/mol. The highest BCUT2D eigenvalue weighted by Gasteiger charge is 2.16. The summed E-state index contributed by atoms with van der Waals surface area (Å²) in [6.45, 7) is 2.80. The number of ether oxygens (including phenoxy) is 2. The number of benzene rings is 2. The molecule has 2 rings (SSSR count). The fourth-order valence-corrected chi connectivity index (χ4v) is 2.38. The van der Waals surface area contributed by atoms with Crippen LogP contribution in [0.3, 0.4) is 0 Å². The number of unbranched alkanes of at least 4 members (excludes halogenated alkanes) is 1. The molecule has 122 valence electrons. The minimum absolute atomic E-state index is 0.124. The van der Waals surface area contributed by atoms with Crippen molar-refractivity contribution in [2.45, 2.75) is 32.3 Å². The number of hydrogen-bond acceptors (Lipinski definition) is 3. The lowest BCUT2D eigenvalue weighted by molar-refractivity contribution is 0.0503. The third-order valence-corrected chi connectivity index (χ3v) is 3.56. The van der Waals surface area contributed by atoms with Crippen LogP contribution in [0.15, 0.2) is 54.6 Å². The second-order valence-electron chi connectivity index (χ2n) is 5.30. The Balaban J connectivity index is 2.18. The van der Waals surface area contributed by atoms with Crippen molar-refractivity contribution in [2.24, 2.45) is 0 Å². The normalized spacial score (nSPS) is 11.9. The van der Waals surface area contributed by atoms with Gasteiger partial charge >= 0.3 is 6.16 Å². The van der Waals surface area contributed by atoms with Crippen molar-refractivity contribution in [1.29, 1.82) is 0 Å². The van der Waals surface area contributed by atoms with E-state index in [4.69, 9.17) is 14.6 Å². The monoisotopic (exact) mass is 314 g/mol. The van der Waals surface area contributed by atoms with Gasteiger partial charge in [0.05, 0.1) is 6.10 Å².